The number of allylic oxidation sites excluding steroid dienone is 1. The van der Waals surface area contributed by atoms with Crippen molar-refractivity contribution in [1.29, 1.82) is 0 Å². The fourth-order valence-corrected chi connectivity index (χ4v) is 3.32. The average Bonchev–Trinajstić information content (AvgIpc) is 2.92. The molecule has 0 aliphatic heterocycles. The van der Waals surface area contributed by atoms with Gasteiger partial charge < -0.3 is 14.5 Å². The first-order chi connectivity index (χ1) is 12.8. The van der Waals surface area contributed by atoms with Crippen molar-refractivity contribution in [3.8, 4) is 5.75 Å². The average molecular weight is 363 g/mol. The molecule has 0 fully saturated rings. The van der Waals surface area contributed by atoms with Crippen LogP contribution in [0.15, 0.2) is 40.8 Å². The second-order valence-electron chi connectivity index (χ2n) is 6.87. The highest BCUT2D eigenvalue weighted by Gasteiger charge is 2.18. The molecule has 0 aliphatic carbocycles. The monoisotopic (exact) mass is 363 g/mol. The number of rotatable bonds is 4. The maximum Gasteiger partial charge on any atom is 0.248 e. The Morgan fingerprint density at radius 1 is 1.11 bits per heavy atom. The van der Waals surface area contributed by atoms with E-state index in [0.29, 0.717) is 0 Å². The quantitative estimate of drug-likeness (QED) is 0.603. The second kappa shape index (κ2) is 7.31. The van der Waals surface area contributed by atoms with Crippen LogP contribution in [-0.2, 0) is 4.79 Å². The first-order valence-corrected chi connectivity index (χ1v) is 8.96. The Morgan fingerprint density at radius 3 is 2.48 bits per heavy atom. The van der Waals surface area contributed by atoms with E-state index >= 15 is 0 Å². The van der Waals surface area contributed by atoms with Gasteiger partial charge in [-0.1, -0.05) is 18.2 Å². The number of hydrogen-bond acceptors (Lipinski definition) is 3. The summed E-state index contributed by atoms with van der Waals surface area (Å²) in [6.07, 6.45) is 1.61. The minimum absolute atomic E-state index is 0.165. The van der Waals surface area contributed by atoms with Crippen LogP contribution in [0.4, 0.5) is 5.69 Å². The van der Waals surface area contributed by atoms with Crippen molar-refractivity contribution in [3.63, 3.8) is 0 Å². The van der Waals surface area contributed by atoms with E-state index in [1.54, 1.807) is 13.2 Å². The van der Waals surface area contributed by atoms with Crippen molar-refractivity contribution >= 4 is 28.1 Å². The molecule has 2 aromatic carbocycles. The number of carbonyl (C=O) groups is 1. The van der Waals surface area contributed by atoms with E-state index in [1.165, 1.54) is 0 Å². The number of nitrogens with one attached hydrogen (secondary N) is 1. The molecule has 4 nitrogen and oxygen atoms in total. The predicted molar refractivity (Wildman–Crippen MR) is 110 cm³/mol. The molecule has 0 radical (unpaired) electrons. The lowest BCUT2D eigenvalue weighted by Crippen LogP contribution is -2.09. The van der Waals surface area contributed by atoms with E-state index in [1.807, 2.05) is 65.0 Å². The van der Waals surface area contributed by atoms with Gasteiger partial charge in [-0.05, 0) is 63.5 Å². The summed E-state index contributed by atoms with van der Waals surface area (Å²) in [4.78, 5) is 12.5. The summed E-state index contributed by atoms with van der Waals surface area (Å²) in [5.41, 5.74) is 6.44. The zero-order chi connectivity index (χ0) is 19.7. The van der Waals surface area contributed by atoms with Crippen molar-refractivity contribution in [2.75, 3.05) is 12.4 Å². The number of furan rings is 1. The van der Waals surface area contributed by atoms with Crippen molar-refractivity contribution in [2.45, 2.75) is 34.6 Å². The molecule has 0 bridgehead atoms. The Balaban J connectivity index is 2.02. The van der Waals surface area contributed by atoms with Gasteiger partial charge in [0.05, 0.1) is 7.11 Å². The molecular formula is C23H25NO3. The number of aryl methyl sites for hydroxylation is 4. The van der Waals surface area contributed by atoms with Crippen molar-refractivity contribution in [1.82, 2.24) is 0 Å². The minimum atomic E-state index is -0.165. The Morgan fingerprint density at radius 2 is 1.81 bits per heavy atom. The van der Waals surface area contributed by atoms with Gasteiger partial charge in [0.2, 0.25) is 5.91 Å². The van der Waals surface area contributed by atoms with E-state index < -0.39 is 0 Å². The zero-order valence-corrected chi connectivity index (χ0v) is 16.7. The molecule has 1 aromatic heterocycles. The van der Waals surface area contributed by atoms with Gasteiger partial charge in [0, 0.05) is 28.3 Å². The molecule has 0 unspecified atom stereocenters. The number of benzene rings is 2. The van der Waals surface area contributed by atoms with Crippen LogP contribution >= 0.6 is 0 Å². The highest BCUT2D eigenvalue weighted by molar-refractivity contribution is 6.05. The predicted octanol–water partition coefficient (Wildman–Crippen LogP) is 5.72. The summed E-state index contributed by atoms with van der Waals surface area (Å²) in [6, 6.07) is 9.76. The SMILES string of the molecule is COc1c(/C(C)=C/C(=O)Nc2ccccc2C)cc2c(C)c(C)oc2c1C. The topological polar surface area (TPSA) is 51.5 Å². The molecule has 0 saturated carbocycles. The first-order valence-electron chi connectivity index (χ1n) is 8.96. The molecule has 0 aliphatic rings. The minimum Gasteiger partial charge on any atom is -0.496 e. The fraction of sp³-hybridized carbons (Fsp3) is 0.261. The van der Waals surface area contributed by atoms with Crippen LogP contribution < -0.4 is 10.1 Å². The lowest BCUT2D eigenvalue weighted by atomic mass is 9.98. The highest BCUT2D eigenvalue weighted by atomic mass is 16.5. The summed E-state index contributed by atoms with van der Waals surface area (Å²) < 4.78 is 11.5. The number of carbonyl (C=O) groups excluding carboxylic acids is 1. The molecule has 0 spiro atoms. The normalized spacial score (nSPS) is 11.7. The summed E-state index contributed by atoms with van der Waals surface area (Å²) in [5, 5.41) is 3.99. The van der Waals surface area contributed by atoms with Gasteiger partial charge in [0.25, 0.3) is 0 Å². The van der Waals surface area contributed by atoms with E-state index in [2.05, 4.69) is 5.32 Å². The van der Waals surface area contributed by atoms with Gasteiger partial charge in [-0.25, -0.2) is 0 Å². The number of para-hydroxylation sites is 1. The van der Waals surface area contributed by atoms with Crippen molar-refractivity contribution in [3.05, 3.63) is 64.4 Å². The Kier molecular flexibility index (Phi) is 5.08. The fourth-order valence-electron chi connectivity index (χ4n) is 3.32. The van der Waals surface area contributed by atoms with Gasteiger partial charge in [-0.3, -0.25) is 4.79 Å². The van der Waals surface area contributed by atoms with Crippen LogP contribution in [0.5, 0.6) is 5.75 Å². The van der Waals surface area contributed by atoms with E-state index in [9.17, 15) is 4.79 Å². The number of amides is 1. The smallest absolute Gasteiger partial charge is 0.248 e. The van der Waals surface area contributed by atoms with Crippen molar-refractivity contribution < 1.29 is 13.9 Å². The zero-order valence-electron chi connectivity index (χ0n) is 16.7. The molecule has 1 heterocycles. The van der Waals surface area contributed by atoms with Gasteiger partial charge in [0.15, 0.2) is 0 Å². The maximum atomic E-state index is 12.5. The molecule has 27 heavy (non-hydrogen) atoms. The maximum absolute atomic E-state index is 12.5. The molecular weight excluding hydrogens is 338 g/mol. The van der Waals surface area contributed by atoms with Gasteiger partial charge >= 0.3 is 0 Å². The molecule has 1 amide bonds. The largest absolute Gasteiger partial charge is 0.496 e. The summed E-state index contributed by atoms with van der Waals surface area (Å²) in [5.74, 6) is 1.46. The Hall–Kier alpha value is -3.01. The van der Waals surface area contributed by atoms with Crippen LogP contribution in [0.1, 0.15) is 34.9 Å². The Labute approximate surface area is 159 Å². The number of fused-ring (bicyclic) bond motifs is 1. The van der Waals surface area contributed by atoms with Crippen LogP contribution in [0.25, 0.3) is 16.5 Å². The molecule has 4 heteroatoms. The third kappa shape index (κ3) is 3.47. The third-order valence-corrected chi connectivity index (χ3v) is 5.03. The summed E-state index contributed by atoms with van der Waals surface area (Å²) in [7, 11) is 1.64. The number of ether oxygens (including phenoxy) is 1. The molecule has 140 valence electrons. The van der Waals surface area contributed by atoms with Gasteiger partial charge in [0.1, 0.15) is 17.1 Å². The van der Waals surface area contributed by atoms with Crippen LogP contribution in [0.3, 0.4) is 0 Å². The Bertz CT molecular complexity index is 1060. The van der Waals surface area contributed by atoms with Crippen LogP contribution in [0.2, 0.25) is 0 Å². The lowest BCUT2D eigenvalue weighted by molar-refractivity contribution is -0.111. The third-order valence-electron chi connectivity index (χ3n) is 5.03. The van der Waals surface area contributed by atoms with Gasteiger partial charge in [-0.2, -0.15) is 0 Å². The van der Waals surface area contributed by atoms with Crippen LogP contribution in [-0.4, -0.2) is 13.0 Å². The molecule has 0 atom stereocenters. The molecule has 1 N–H and O–H groups in total. The number of methoxy groups -OCH3 is 1. The standard InChI is InChI=1S/C23H25NO3/c1-13-9-7-8-10-20(13)24-21(25)11-14(2)18-12-19-15(3)17(5)27-23(19)16(4)22(18)26-6/h7-12H,1-6H3,(H,24,25)/b14-11+. The molecule has 3 aromatic rings. The van der Waals surface area contributed by atoms with E-state index in [0.717, 1.165) is 56.0 Å². The summed E-state index contributed by atoms with van der Waals surface area (Å²) in [6.45, 7) is 9.87. The van der Waals surface area contributed by atoms with E-state index in [-0.39, 0.29) is 5.91 Å². The lowest BCUT2D eigenvalue weighted by Gasteiger charge is -2.13. The molecule has 0 saturated heterocycles. The number of anilines is 1. The number of hydrogen-bond donors (Lipinski definition) is 1. The highest BCUT2D eigenvalue weighted by Crippen LogP contribution is 2.38. The first kappa shape index (κ1) is 18.8. The van der Waals surface area contributed by atoms with E-state index in [4.69, 9.17) is 9.15 Å². The second-order valence-corrected chi connectivity index (χ2v) is 6.87. The van der Waals surface area contributed by atoms with Crippen molar-refractivity contribution in [2.24, 2.45) is 0 Å². The van der Waals surface area contributed by atoms with Crippen LogP contribution in [0, 0.1) is 27.7 Å². The summed E-state index contributed by atoms with van der Waals surface area (Å²) >= 11 is 0. The van der Waals surface area contributed by atoms with Gasteiger partial charge in [-0.15, -0.1) is 0 Å². The molecule has 3 rings (SSSR count).